The number of aryl methyl sites for hydroxylation is 3. The highest BCUT2D eigenvalue weighted by molar-refractivity contribution is 7.81. The maximum Gasteiger partial charge on any atom is 0.133 e. The fourth-order valence-electron chi connectivity index (χ4n) is 2.26. The van der Waals surface area contributed by atoms with E-state index in [-0.39, 0.29) is 12.4 Å². The van der Waals surface area contributed by atoms with Crippen LogP contribution in [-0.2, 0) is 17.4 Å². The summed E-state index contributed by atoms with van der Waals surface area (Å²) >= 11 is 0. The zero-order chi connectivity index (χ0) is 22.1. The van der Waals surface area contributed by atoms with E-state index in [4.69, 9.17) is 9.84 Å². The predicted octanol–water partition coefficient (Wildman–Crippen LogP) is 5.02. The number of aromatic hydroxyl groups is 1. The number of phenolic OH excluding ortho intramolecular Hbond substituents is 1. The minimum Gasteiger partial charge on any atom is -0.508 e. The number of aliphatic hydroxyl groups excluding tert-OH is 1. The van der Waals surface area contributed by atoms with Gasteiger partial charge in [0.25, 0.3) is 0 Å². The number of aliphatic hydroxyl groups is 1. The van der Waals surface area contributed by atoms with E-state index >= 15 is 0 Å². The number of ether oxygens (including phenoxy) is 1. The molecule has 0 heterocycles. The molecule has 2 aromatic carbocycles. The summed E-state index contributed by atoms with van der Waals surface area (Å²) in [5.41, 5.74) is 3.36. The van der Waals surface area contributed by atoms with Crippen molar-refractivity contribution >= 4 is 11.0 Å². The van der Waals surface area contributed by atoms with Gasteiger partial charge in [0.05, 0.1) is 11.0 Å². The summed E-state index contributed by atoms with van der Waals surface area (Å²) in [6.07, 6.45) is 3.06. The largest absolute Gasteiger partial charge is 0.508 e. The number of benzene rings is 2. The lowest BCUT2D eigenvalue weighted by Crippen LogP contribution is -1.96. The van der Waals surface area contributed by atoms with Crippen LogP contribution >= 0.6 is 0 Å². The lowest BCUT2D eigenvalue weighted by Gasteiger charge is -2.14. The minimum absolute atomic E-state index is 0.212. The molecule has 0 bridgehead atoms. The maximum atomic E-state index is 9.33. The van der Waals surface area contributed by atoms with Crippen molar-refractivity contribution in [1.82, 2.24) is 0 Å². The van der Waals surface area contributed by atoms with Crippen LogP contribution in [0.4, 0.5) is 0 Å². The summed E-state index contributed by atoms with van der Waals surface area (Å²) < 4.78 is 15.2. The average Bonchev–Trinajstić information content (AvgIpc) is 2.67. The third kappa shape index (κ3) is 12.5. The number of nitrogens with two attached hydrogens (primary N) is 1. The molecule has 1 unspecified atom stereocenters. The topological polar surface area (TPSA) is 92.8 Å². The van der Waals surface area contributed by atoms with Crippen LogP contribution < -0.4 is 9.88 Å². The molecule has 0 amide bonds. The van der Waals surface area contributed by atoms with Crippen molar-refractivity contribution in [3.8, 4) is 17.2 Å². The van der Waals surface area contributed by atoms with Gasteiger partial charge >= 0.3 is 0 Å². The molecule has 5 nitrogen and oxygen atoms in total. The molecule has 160 valence electrons. The van der Waals surface area contributed by atoms with E-state index < -0.39 is 11.0 Å². The lowest BCUT2D eigenvalue weighted by atomic mass is 10.0. The third-order valence-electron chi connectivity index (χ3n) is 3.20. The van der Waals surface area contributed by atoms with Crippen LogP contribution in [0.1, 0.15) is 50.8 Å². The van der Waals surface area contributed by atoms with Crippen molar-refractivity contribution in [2.24, 2.45) is 5.14 Å². The van der Waals surface area contributed by atoms with Gasteiger partial charge in [-0.1, -0.05) is 39.8 Å². The molecule has 28 heavy (non-hydrogen) atoms. The van der Waals surface area contributed by atoms with E-state index in [1.807, 2.05) is 41.5 Å². The van der Waals surface area contributed by atoms with Crippen molar-refractivity contribution in [1.29, 1.82) is 0 Å². The molecule has 0 radical (unpaired) electrons. The summed E-state index contributed by atoms with van der Waals surface area (Å²) in [5, 5.41) is 22.8. The van der Waals surface area contributed by atoms with E-state index in [9.17, 15) is 9.32 Å². The van der Waals surface area contributed by atoms with Crippen molar-refractivity contribution in [2.45, 2.75) is 54.4 Å². The molecule has 0 saturated heterocycles. The molecule has 4 N–H and O–H groups in total. The molecule has 0 aliphatic rings. The highest BCUT2D eigenvalue weighted by atomic mass is 32.2. The second-order valence-electron chi connectivity index (χ2n) is 5.48. The second kappa shape index (κ2) is 17.2. The summed E-state index contributed by atoms with van der Waals surface area (Å²) in [6.45, 7) is 12.3. The molecule has 2 aromatic rings. The van der Waals surface area contributed by atoms with Crippen molar-refractivity contribution < 1.29 is 19.2 Å². The van der Waals surface area contributed by atoms with E-state index in [2.05, 4.69) is 17.3 Å². The Morgan fingerprint density at radius 1 is 1.00 bits per heavy atom. The Labute approximate surface area is 173 Å². The Hall–Kier alpha value is -1.89. The van der Waals surface area contributed by atoms with E-state index in [1.54, 1.807) is 24.3 Å². The predicted molar refractivity (Wildman–Crippen MR) is 120 cm³/mol. The van der Waals surface area contributed by atoms with Crippen LogP contribution in [0, 0.1) is 13.8 Å². The molecule has 0 spiro atoms. The first-order chi connectivity index (χ1) is 13.3. The monoisotopic (exact) mass is 411 g/mol. The van der Waals surface area contributed by atoms with Gasteiger partial charge in [-0.25, -0.2) is 4.21 Å². The highest BCUT2D eigenvalue weighted by Crippen LogP contribution is 2.30. The van der Waals surface area contributed by atoms with Crippen LogP contribution in [0.5, 0.6) is 17.2 Å². The Kier molecular flexibility index (Phi) is 17.4. The highest BCUT2D eigenvalue weighted by Gasteiger charge is 2.08. The molecule has 2 rings (SSSR count). The molecule has 6 heteroatoms. The first kappa shape index (κ1) is 28.3. The molecule has 0 aromatic heterocycles. The van der Waals surface area contributed by atoms with Crippen molar-refractivity contribution in [2.75, 3.05) is 12.9 Å². The van der Waals surface area contributed by atoms with E-state index in [0.29, 0.717) is 5.75 Å². The zero-order valence-electron chi connectivity index (χ0n) is 18.3. The van der Waals surface area contributed by atoms with Gasteiger partial charge in [-0.3, -0.25) is 5.14 Å². The van der Waals surface area contributed by atoms with Crippen LogP contribution in [0.2, 0.25) is 0 Å². The van der Waals surface area contributed by atoms with E-state index in [1.165, 1.54) is 11.8 Å². The average molecular weight is 412 g/mol. The smallest absolute Gasteiger partial charge is 0.133 e. The lowest BCUT2D eigenvalue weighted by molar-refractivity contribution is 0.288. The quantitative estimate of drug-likeness (QED) is 0.644. The number of phenols is 1. The molecule has 0 aliphatic heterocycles. The van der Waals surface area contributed by atoms with Crippen LogP contribution in [0.15, 0.2) is 36.4 Å². The normalized spacial score (nSPS) is 10.2. The summed E-state index contributed by atoms with van der Waals surface area (Å²) in [6, 6.07) is 10.9. The fourth-order valence-corrected chi connectivity index (χ4v) is 2.26. The van der Waals surface area contributed by atoms with Gasteiger partial charge in [-0.05, 0) is 67.6 Å². The Morgan fingerprint density at radius 2 is 1.43 bits per heavy atom. The van der Waals surface area contributed by atoms with Crippen LogP contribution in [0.3, 0.4) is 0 Å². The third-order valence-corrected chi connectivity index (χ3v) is 3.20. The molecule has 0 aliphatic carbocycles. The van der Waals surface area contributed by atoms with Gasteiger partial charge < -0.3 is 14.9 Å². The Bertz CT molecular complexity index is 646. The molecular weight excluding hydrogens is 374 g/mol. The Balaban J connectivity index is 0. The van der Waals surface area contributed by atoms with Gasteiger partial charge in [0.15, 0.2) is 0 Å². The molecule has 1 atom stereocenters. The van der Waals surface area contributed by atoms with Crippen LogP contribution in [-0.4, -0.2) is 27.3 Å². The minimum atomic E-state index is -1.11. The number of hydrogen-bond acceptors (Lipinski definition) is 4. The first-order valence-electron chi connectivity index (χ1n) is 9.59. The fraction of sp³-hybridized carbons (Fsp3) is 0.455. The first-order valence-corrected chi connectivity index (χ1v) is 11.2. The number of hydrogen-bond donors (Lipinski definition) is 3. The summed E-state index contributed by atoms with van der Waals surface area (Å²) in [5.74, 6) is 1.78. The second-order valence-corrected chi connectivity index (χ2v) is 6.48. The SMILES string of the molecule is CC.CC.CS(N)=O.Cc1cc(CCCO)cc(C)c1Oc1ccc(O)cc1. The van der Waals surface area contributed by atoms with Gasteiger partial charge in [-0.2, -0.15) is 0 Å². The van der Waals surface area contributed by atoms with E-state index in [0.717, 1.165) is 29.7 Å². The molecular formula is C22H37NO4S. The number of rotatable bonds is 5. The summed E-state index contributed by atoms with van der Waals surface area (Å²) in [7, 11) is -1.11. The van der Waals surface area contributed by atoms with Crippen molar-refractivity contribution in [3.05, 3.63) is 53.1 Å². The standard InChI is InChI=1S/C17H20O3.2C2H6.CH5NOS/c1-12-10-14(4-3-9-18)11-13(2)17(12)20-16-7-5-15(19)6-8-16;2*1-2;1-4(2)3/h5-8,10-11,18-19H,3-4,9H2,1-2H3;2*1-2H3;2H2,1H3. The summed E-state index contributed by atoms with van der Waals surface area (Å²) in [4.78, 5) is 0. The molecule has 0 fully saturated rings. The van der Waals surface area contributed by atoms with Crippen molar-refractivity contribution in [3.63, 3.8) is 0 Å². The van der Waals surface area contributed by atoms with Gasteiger partial charge in [0, 0.05) is 12.9 Å². The van der Waals surface area contributed by atoms with Gasteiger partial charge in [0.2, 0.25) is 0 Å². The molecule has 0 saturated carbocycles. The zero-order valence-corrected chi connectivity index (χ0v) is 19.1. The van der Waals surface area contributed by atoms with Crippen LogP contribution in [0.25, 0.3) is 0 Å². The van der Waals surface area contributed by atoms with Gasteiger partial charge in [0.1, 0.15) is 17.2 Å². The maximum absolute atomic E-state index is 9.33. The Morgan fingerprint density at radius 3 is 1.82 bits per heavy atom. The van der Waals surface area contributed by atoms with Gasteiger partial charge in [-0.15, -0.1) is 0 Å².